The lowest BCUT2D eigenvalue weighted by molar-refractivity contribution is 0.0791. The summed E-state index contributed by atoms with van der Waals surface area (Å²) in [7, 11) is 1.66. The van der Waals surface area contributed by atoms with Gasteiger partial charge in [0.15, 0.2) is 0 Å². The Morgan fingerprint density at radius 3 is 2.85 bits per heavy atom. The van der Waals surface area contributed by atoms with E-state index in [1.54, 1.807) is 13.3 Å². The molecule has 6 nitrogen and oxygen atoms in total. The van der Waals surface area contributed by atoms with Gasteiger partial charge in [-0.3, -0.25) is 14.8 Å². The molecular formula is C27H26N4O2. The number of pyridine rings is 2. The lowest BCUT2D eigenvalue weighted by atomic mass is 10.0. The number of benzene rings is 2. The number of anilines is 2. The van der Waals surface area contributed by atoms with Gasteiger partial charge in [0.25, 0.3) is 5.91 Å². The highest BCUT2D eigenvalue weighted by molar-refractivity contribution is 5.98. The summed E-state index contributed by atoms with van der Waals surface area (Å²) in [5.41, 5.74) is 5.50. The molecule has 1 aliphatic heterocycles. The average Bonchev–Trinajstić information content (AvgIpc) is 3.33. The molecule has 2 aromatic carbocycles. The van der Waals surface area contributed by atoms with Crippen LogP contribution in [0.3, 0.4) is 0 Å². The standard InChI is InChI=1S/C27H26N4O2/c1-18-13-23(30-22-6-3-7-24(15-22)33-2)16-26(29-18)21-10-12-31(17-21)27(32)20-8-9-25-19(14-20)5-4-11-28-25/h3-9,11,13-16,21H,10,12,17H2,1-2H3,(H,29,30)/t21-/m1/s1. The normalized spacial score (nSPS) is 15.6. The maximum atomic E-state index is 13.2. The van der Waals surface area contributed by atoms with E-state index in [-0.39, 0.29) is 11.8 Å². The van der Waals surface area contributed by atoms with E-state index in [9.17, 15) is 4.79 Å². The Bertz CT molecular complexity index is 1320. The third kappa shape index (κ3) is 4.51. The molecule has 0 spiro atoms. The summed E-state index contributed by atoms with van der Waals surface area (Å²) in [5, 5.41) is 4.43. The van der Waals surface area contributed by atoms with Crippen molar-refractivity contribution < 1.29 is 9.53 Å². The van der Waals surface area contributed by atoms with Gasteiger partial charge in [0.2, 0.25) is 0 Å². The lowest BCUT2D eigenvalue weighted by Crippen LogP contribution is -2.28. The number of rotatable bonds is 5. The van der Waals surface area contributed by atoms with Gasteiger partial charge in [-0.1, -0.05) is 12.1 Å². The van der Waals surface area contributed by atoms with Crippen molar-refractivity contribution >= 4 is 28.2 Å². The first-order valence-electron chi connectivity index (χ1n) is 11.1. The number of methoxy groups -OCH3 is 1. The van der Waals surface area contributed by atoms with Gasteiger partial charge in [0.05, 0.1) is 12.6 Å². The first-order chi connectivity index (χ1) is 16.1. The van der Waals surface area contributed by atoms with Crippen LogP contribution in [0.4, 0.5) is 11.4 Å². The Balaban J connectivity index is 1.32. The van der Waals surface area contributed by atoms with E-state index < -0.39 is 0 Å². The molecule has 0 unspecified atom stereocenters. The van der Waals surface area contributed by atoms with Crippen LogP contribution in [0.15, 0.2) is 72.9 Å². The van der Waals surface area contributed by atoms with Gasteiger partial charge in [0, 0.05) is 65.0 Å². The van der Waals surface area contributed by atoms with Crippen LogP contribution < -0.4 is 10.1 Å². The first kappa shape index (κ1) is 20.9. The maximum Gasteiger partial charge on any atom is 0.253 e. The van der Waals surface area contributed by atoms with Crippen molar-refractivity contribution in [1.82, 2.24) is 14.9 Å². The molecule has 1 saturated heterocycles. The number of ether oxygens (including phenoxy) is 1. The van der Waals surface area contributed by atoms with Gasteiger partial charge in [0.1, 0.15) is 5.75 Å². The topological polar surface area (TPSA) is 67.3 Å². The van der Waals surface area contributed by atoms with Crippen molar-refractivity contribution in [1.29, 1.82) is 0 Å². The minimum atomic E-state index is 0.0608. The van der Waals surface area contributed by atoms with Crippen LogP contribution in [0.1, 0.15) is 34.1 Å². The molecule has 6 heteroatoms. The fourth-order valence-electron chi connectivity index (χ4n) is 4.42. The van der Waals surface area contributed by atoms with Crippen LogP contribution in [0.25, 0.3) is 10.9 Å². The van der Waals surface area contributed by atoms with E-state index in [4.69, 9.17) is 9.72 Å². The molecule has 1 fully saturated rings. The number of aryl methyl sites for hydroxylation is 1. The molecule has 0 radical (unpaired) electrons. The Kier molecular flexibility index (Phi) is 5.65. The third-order valence-electron chi connectivity index (χ3n) is 6.08. The SMILES string of the molecule is COc1cccc(Nc2cc(C)nc([C@@H]3CCN(C(=O)c4ccc5ncccc5c4)C3)c2)c1. The average molecular weight is 439 g/mol. The number of hydrogen-bond donors (Lipinski definition) is 1. The number of aromatic nitrogens is 2. The van der Waals surface area contributed by atoms with E-state index >= 15 is 0 Å². The molecule has 1 amide bonds. The number of carbonyl (C=O) groups is 1. The zero-order chi connectivity index (χ0) is 22.8. The predicted octanol–water partition coefficient (Wildman–Crippen LogP) is 5.32. The number of fused-ring (bicyclic) bond motifs is 1. The van der Waals surface area contributed by atoms with Crippen LogP contribution >= 0.6 is 0 Å². The van der Waals surface area contributed by atoms with E-state index in [0.717, 1.165) is 52.4 Å². The number of likely N-dealkylation sites (tertiary alicyclic amines) is 1. The second-order valence-corrected chi connectivity index (χ2v) is 8.43. The van der Waals surface area contributed by atoms with Crippen molar-refractivity contribution in [2.45, 2.75) is 19.3 Å². The largest absolute Gasteiger partial charge is 0.497 e. The highest BCUT2D eigenvalue weighted by Crippen LogP contribution is 2.30. The minimum Gasteiger partial charge on any atom is -0.497 e. The van der Waals surface area contributed by atoms with E-state index in [1.807, 2.05) is 72.5 Å². The van der Waals surface area contributed by atoms with E-state index in [1.165, 1.54) is 0 Å². The van der Waals surface area contributed by atoms with Crippen molar-refractivity contribution in [2.24, 2.45) is 0 Å². The second-order valence-electron chi connectivity index (χ2n) is 8.43. The maximum absolute atomic E-state index is 13.2. The fourth-order valence-corrected chi connectivity index (χ4v) is 4.42. The number of nitrogens with one attached hydrogen (secondary N) is 1. The van der Waals surface area contributed by atoms with Crippen molar-refractivity contribution in [3.05, 3.63) is 89.9 Å². The minimum absolute atomic E-state index is 0.0608. The Hall–Kier alpha value is -3.93. The van der Waals surface area contributed by atoms with Crippen molar-refractivity contribution in [3.8, 4) is 5.75 Å². The zero-order valence-corrected chi connectivity index (χ0v) is 18.8. The molecule has 0 aliphatic carbocycles. The van der Waals surface area contributed by atoms with Gasteiger partial charge in [-0.25, -0.2) is 0 Å². The highest BCUT2D eigenvalue weighted by Gasteiger charge is 2.29. The molecule has 0 bridgehead atoms. The van der Waals surface area contributed by atoms with E-state index in [0.29, 0.717) is 12.1 Å². The quantitative estimate of drug-likeness (QED) is 0.457. The molecule has 2 aromatic heterocycles. The Labute approximate surface area is 193 Å². The summed E-state index contributed by atoms with van der Waals surface area (Å²) in [4.78, 5) is 24.2. The molecule has 4 aromatic rings. The molecule has 5 rings (SSSR count). The molecule has 3 heterocycles. The first-order valence-corrected chi connectivity index (χ1v) is 11.1. The molecule has 1 N–H and O–H groups in total. The van der Waals surface area contributed by atoms with Crippen molar-refractivity contribution in [3.63, 3.8) is 0 Å². The molecule has 166 valence electrons. The molecule has 1 aliphatic rings. The number of hydrogen-bond acceptors (Lipinski definition) is 5. The lowest BCUT2D eigenvalue weighted by Gasteiger charge is -2.18. The van der Waals surface area contributed by atoms with Gasteiger partial charge >= 0.3 is 0 Å². The summed E-state index contributed by atoms with van der Waals surface area (Å²) in [6.45, 7) is 3.39. The molecule has 33 heavy (non-hydrogen) atoms. The Morgan fingerprint density at radius 2 is 1.97 bits per heavy atom. The van der Waals surface area contributed by atoms with Crippen LogP contribution in [-0.2, 0) is 0 Å². The van der Waals surface area contributed by atoms with E-state index in [2.05, 4.69) is 16.4 Å². The van der Waals surface area contributed by atoms with Gasteiger partial charge < -0.3 is 15.0 Å². The summed E-state index contributed by atoms with van der Waals surface area (Å²) < 4.78 is 5.32. The highest BCUT2D eigenvalue weighted by atomic mass is 16.5. The summed E-state index contributed by atoms with van der Waals surface area (Å²) in [6, 6.07) is 21.6. The monoisotopic (exact) mass is 438 g/mol. The summed E-state index contributed by atoms with van der Waals surface area (Å²) in [6.07, 6.45) is 2.66. The third-order valence-corrected chi connectivity index (χ3v) is 6.08. The van der Waals surface area contributed by atoms with Crippen molar-refractivity contribution in [2.75, 3.05) is 25.5 Å². The van der Waals surface area contributed by atoms with Gasteiger partial charge in [-0.2, -0.15) is 0 Å². The summed E-state index contributed by atoms with van der Waals surface area (Å²) >= 11 is 0. The Morgan fingerprint density at radius 1 is 1.06 bits per heavy atom. The van der Waals surface area contributed by atoms with Crippen LogP contribution in [0.5, 0.6) is 5.75 Å². The molecule has 1 atom stereocenters. The van der Waals surface area contributed by atoms with Crippen LogP contribution in [0, 0.1) is 6.92 Å². The second kappa shape index (κ2) is 8.90. The van der Waals surface area contributed by atoms with Gasteiger partial charge in [-0.05, 0) is 61.9 Å². The smallest absolute Gasteiger partial charge is 0.253 e. The number of amides is 1. The van der Waals surface area contributed by atoms with Crippen LogP contribution in [-0.4, -0.2) is 41.0 Å². The van der Waals surface area contributed by atoms with Gasteiger partial charge in [-0.15, -0.1) is 0 Å². The molecule has 0 saturated carbocycles. The molecular weight excluding hydrogens is 412 g/mol. The number of carbonyl (C=O) groups excluding carboxylic acids is 1. The summed E-state index contributed by atoms with van der Waals surface area (Å²) in [5.74, 6) is 1.08. The fraction of sp³-hybridized carbons (Fsp3) is 0.222. The van der Waals surface area contributed by atoms with Crippen LogP contribution in [0.2, 0.25) is 0 Å². The zero-order valence-electron chi connectivity index (χ0n) is 18.8. The number of nitrogens with zero attached hydrogens (tertiary/aromatic N) is 3. The predicted molar refractivity (Wildman–Crippen MR) is 130 cm³/mol.